The van der Waals surface area contributed by atoms with Crippen molar-refractivity contribution in [2.75, 3.05) is 135 Å². The lowest BCUT2D eigenvalue weighted by Crippen LogP contribution is -2.44. The molecule has 0 saturated carbocycles. The normalized spacial score (nSPS) is 10.9. The molecule has 0 bridgehead atoms. The number of ether oxygens (including phenoxy) is 9. The summed E-state index contributed by atoms with van der Waals surface area (Å²) in [5.74, 6) is 1.93. The van der Waals surface area contributed by atoms with E-state index >= 15 is 0 Å². The maximum absolute atomic E-state index is 12.9. The fourth-order valence-corrected chi connectivity index (χ4v) is 7.36. The van der Waals surface area contributed by atoms with Crippen LogP contribution in [0.4, 0.5) is 31.4 Å². The van der Waals surface area contributed by atoms with Gasteiger partial charge in [-0.2, -0.15) is 0 Å². The van der Waals surface area contributed by atoms with Crippen LogP contribution in [0.5, 0.6) is 17.2 Å². The van der Waals surface area contributed by atoms with Crippen LogP contribution in [-0.4, -0.2) is 142 Å². The third kappa shape index (κ3) is 27.4. The predicted molar refractivity (Wildman–Crippen MR) is 304 cm³/mol. The summed E-state index contributed by atoms with van der Waals surface area (Å²) in [6.07, 6.45) is 0. The highest BCUT2D eigenvalue weighted by atomic mass is 16.6. The number of urea groups is 3. The molecular weight excluding hydrogens is 1010 g/mol. The van der Waals surface area contributed by atoms with Crippen molar-refractivity contribution in [1.82, 2.24) is 20.9 Å². The zero-order valence-corrected chi connectivity index (χ0v) is 44.8. The van der Waals surface area contributed by atoms with Gasteiger partial charge in [-0.05, 0) is 89.5 Å². The quantitative estimate of drug-likeness (QED) is 0.0200. The number of amides is 6. The van der Waals surface area contributed by atoms with E-state index in [1.807, 2.05) is 95.9 Å². The molecule has 19 nitrogen and oxygen atoms in total. The molecule has 0 spiro atoms. The number of hydrogen-bond donors (Lipinski definition) is 6. The van der Waals surface area contributed by atoms with Gasteiger partial charge in [-0.1, -0.05) is 91.0 Å². The number of anilines is 3. The van der Waals surface area contributed by atoms with Crippen LogP contribution in [0, 0.1) is 0 Å². The fourth-order valence-electron chi connectivity index (χ4n) is 7.36. The van der Waals surface area contributed by atoms with Gasteiger partial charge in [-0.25, -0.2) is 14.4 Å². The van der Waals surface area contributed by atoms with Gasteiger partial charge >= 0.3 is 18.1 Å². The predicted octanol–water partition coefficient (Wildman–Crippen LogP) is 8.59. The first kappa shape index (κ1) is 60.5. The average molecular weight is 1090 g/mol. The molecular formula is C60H75N7O12. The Morgan fingerprint density at radius 1 is 0.304 bits per heavy atom. The van der Waals surface area contributed by atoms with Gasteiger partial charge in [0.2, 0.25) is 0 Å². The summed E-state index contributed by atoms with van der Waals surface area (Å²) in [4.78, 5) is 40.7. The third-order valence-corrected chi connectivity index (χ3v) is 11.4. The Labute approximate surface area is 463 Å². The number of hydrogen-bond acceptors (Lipinski definition) is 13. The number of benzene rings is 6. The molecule has 6 aromatic carbocycles. The van der Waals surface area contributed by atoms with E-state index in [-0.39, 0.29) is 37.7 Å². The van der Waals surface area contributed by atoms with Crippen LogP contribution in [-0.2, 0) is 48.2 Å². The number of carbonyl (C=O) groups excluding carboxylic acids is 3. The standard InChI is InChI=1S/C60H75N7O12/c68-58(64-52-16-22-55(23-17-52)77-43-40-71-34-37-74-46-49-10-4-1-5-11-49)61-28-31-67(32-29-62-59(69)65-53-18-24-56(25-19-53)78-44-41-72-35-38-75-47-50-12-6-2-7-13-50)33-30-63-60(70)66-54-20-26-57(27-21-54)79-45-42-73-36-39-76-48-51-14-8-3-9-15-51/h1-27H,28-48H2,(H2,61,64,68)(H2,62,65,69)(H2,63,66,70). The second-order valence-corrected chi connectivity index (χ2v) is 17.6. The maximum Gasteiger partial charge on any atom is 0.319 e. The Morgan fingerprint density at radius 2 is 0.557 bits per heavy atom. The Balaban J connectivity index is 0.856. The molecule has 0 unspecified atom stereocenters. The summed E-state index contributed by atoms with van der Waals surface area (Å²) >= 11 is 0. The van der Waals surface area contributed by atoms with Crippen LogP contribution in [0.15, 0.2) is 164 Å². The fraction of sp³-hybridized carbons (Fsp3) is 0.350. The second kappa shape index (κ2) is 37.9. The molecule has 79 heavy (non-hydrogen) atoms. The van der Waals surface area contributed by atoms with E-state index in [0.29, 0.717) is 153 Å². The van der Waals surface area contributed by atoms with Crippen molar-refractivity contribution < 1.29 is 57.0 Å². The van der Waals surface area contributed by atoms with E-state index in [2.05, 4.69) is 31.9 Å². The van der Waals surface area contributed by atoms with E-state index in [1.165, 1.54) is 0 Å². The molecule has 0 aromatic heterocycles. The maximum atomic E-state index is 12.9. The molecule has 19 heteroatoms. The van der Waals surface area contributed by atoms with Crippen molar-refractivity contribution in [3.8, 4) is 17.2 Å². The van der Waals surface area contributed by atoms with E-state index < -0.39 is 0 Å². The van der Waals surface area contributed by atoms with Crippen LogP contribution in [0.2, 0.25) is 0 Å². The summed E-state index contributed by atoms with van der Waals surface area (Å²) in [5, 5.41) is 17.2. The zero-order valence-electron chi connectivity index (χ0n) is 44.8. The molecule has 0 atom stereocenters. The summed E-state index contributed by atoms with van der Waals surface area (Å²) in [5.41, 5.74) is 5.12. The lowest BCUT2D eigenvalue weighted by atomic mass is 10.2. The molecule has 0 heterocycles. The Morgan fingerprint density at radius 3 is 0.835 bits per heavy atom. The molecule has 0 aliphatic rings. The van der Waals surface area contributed by atoms with Crippen LogP contribution in [0.3, 0.4) is 0 Å². The van der Waals surface area contributed by atoms with E-state index in [0.717, 1.165) is 16.7 Å². The highest BCUT2D eigenvalue weighted by molar-refractivity contribution is 5.90. The van der Waals surface area contributed by atoms with Gasteiger partial charge < -0.3 is 74.5 Å². The van der Waals surface area contributed by atoms with Crippen LogP contribution >= 0.6 is 0 Å². The van der Waals surface area contributed by atoms with Crippen molar-refractivity contribution in [2.45, 2.75) is 19.8 Å². The van der Waals surface area contributed by atoms with Crippen molar-refractivity contribution >= 4 is 35.2 Å². The van der Waals surface area contributed by atoms with Crippen LogP contribution in [0.1, 0.15) is 16.7 Å². The van der Waals surface area contributed by atoms with Gasteiger partial charge in [0, 0.05) is 56.3 Å². The number of carbonyl (C=O) groups is 3. The topological polar surface area (TPSA) is 210 Å². The molecule has 0 aliphatic carbocycles. The van der Waals surface area contributed by atoms with Gasteiger partial charge in [-0.3, -0.25) is 4.90 Å². The number of rotatable bonds is 39. The van der Waals surface area contributed by atoms with Crippen molar-refractivity contribution in [3.05, 3.63) is 180 Å². The van der Waals surface area contributed by atoms with Gasteiger partial charge in [-0.15, -0.1) is 0 Å². The molecule has 6 aromatic rings. The highest BCUT2D eigenvalue weighted by Crippen LogP contribution is 2.18. The molecule has 0 fully saturated rings. The van der Waals surface area contributed by atoms with Gasteiger partial charge in [0.1, 0.15) is 37.1 Å². The molecule has 6 amide bonds. The molecule has 422 valence electrons. The lowest BCUT2D eigenvalue weighted by Gasteiger charge is -2.23. The van der Waals surface area contributed by atoms with E-state index in [4.69, 9.17) is 42.6 Å². The molecule has 6 rings (SSSR count). The Bertz CT molecular complexity index is 2270. The SMILES string of the molecule is O=C(NCCN(CCNC(=O)Nc1ccc(OCCOCCOCc2ccccc2)cc1)CCNC(=O)Nc1ccc(OCCOCCOCc2ccccc2)cc1)Nc1ccc(OCCOCCOCc2ccccc2)cc1. The molecule has 0 radical (unpaired) electrons. The van der Waals surface area contributed by atoms with E-state index in [1.54, 1.807) is 72.8 Å². The minimum absolute atomic E-state index is 0.288. The Hall–Kier alpha value is -7.75. The van der Waals surface area contributed by atoms with Crippen LogP contribution in [0.25, 0.3) is 0 Å². The molecule has 6 N–H and O–H groups in total. The average Bonchev–Trinajstić information content (AvgIpc) is 3.47. The van der Waals surface area contributed by atoms with Crippen molar-refractivity contribution in [3.63, 3.8) is 0 Å². The van der Waals surface area contributed by atoms with Gasteiger partial charge in [0.05, 0.1) is 79.3 Å². The number of nitrogens with zero attached hydrogens (tertiary/aromatic N) is 1. The summed E-state index contributed by atoms with van der Waals surface area (Å²) in [6, 6.07) is 49.9. The largest absolute Gasteiger partial charge is 0.491 e. The van der Waals surface area contributed by atoms with Crippen LogP contribution < -0.4 is 46.1 Å². The first-order chi connectivity index (χ1) is 38.9. The second-order valence-electron chi connectivity index (χ2n) is 17.6. The zero-order chi connectivity index (χ0) is 55.1. The first-order valence-electron chi connectivity index (χ1n) is 26.6. The summed E-state index contributed by atoms with van der Waals surface area (Å²) in [6.45, 7) is 8.96. The van der Waals surface area contributed by atoms with Gasteiger partial charge in [0.15, 0.2) is 0 Å². The highest BCUT2D eigenvalue weighted by Gasteiger charge is 2.11. The minimum Gasteiger partial charge on any atom is -0.491 e. The third-order valence-electron chi connectivity index (χ3n) is 11.4. The van der Waals surface area contributed by atoms with Crippen molar-refractivity contribution in [1.29, 1.82) is 0 Å². The molecule has 0 saturated heterocycles. The lowest BCUT2D eigenvalue weighted by molar-refractivity contribution is 0.0303. The first-order valence-corrected chi connectivity index (χ1v) is 26.6. The smallest absolute Gasteiger partial charge is 0.319 e. The molecule has 0 aliphatic heterocycles. The van der Waals surface area contributed by atoms with Gasteiger partial charge in [0.25, 0.3) is 0 Å². The monoisotopic (exact) mass is 1090 g/mol. The van der Waals surface area contributed by atoms with Crippen molar-refractivity contribution in [2.24, 2.45) is 0 Å². The van der Waals surface area contributed by atoms with E-state index in [9.17, 15) is 14.4 Å². The Kier molecular flexibility index (Phi) is 29.0. The summed E-state index contributed by atoms with van der Waals surface area (Å²) in [7, 11) is 0. The summed E-state index contributed by atoms with van der Waals surface area (Å²) < 4.78 is 51.1. The number of nitrogens with one attached hydrogen (secondary N) is 6. The minimum atomic E-state index is -0.387.